The molecule has 0 bridgehead atoms. The second-order valence-electron chi connectivity index (χ2n) is 6.06. The van der Waals surface area contributed by atoms with Crippen LogP contribution in [-0.4, -0.2) is 29.2 Å². The number of carbonyl (C=O) groups excluding carboxylic acids is 1. The van der Waals surface area contributed by atoms with Crippen molar-refractivity contribution in [2.45, 2.75) is 31.2 Å². The van der Waals surface area contributed by atoms with Gasteiger partial charge in [-0.1, -0.05) is 11.6 Å². The van der Waals surface area contributed by atoms with Crippen LogP contribution in [0.25, 0.3) is 0 Å². The molecule has 1 aromatic carbocycles. The van der Waals surface area contributed by atoms with Gasteiger partial charge >= 0.3 is 0 Å². The smallest absolute Gasteiger partial charge is 0.243 e. The SMILES string of the molecule is Cc1ncc(CCC(=O)c2cnc(CNS(=O)(=O)c3cc(Cl)ccc3F)cn2)s1. The van der Waals surface area contributed by atoms with Gasteiger partial charge in [-0.25, -0.2) is 27.5 Å². The summed E-state index contributed by atoms with van der Waals surface area (Å²) in [5.74, 6) is -1.08. The second-order valence-corrected chi connectivity index (χ2v) is 9.55. The molecular weight excluding hydrogens is 439 g/mol. The van der Waals surface area contributed by atoms with Crippen molar-refractivity contribution >= 4 is 38.7 Å². The Morgan fingerprint density at radius 2 is 2.00 bits per heavy atom. The van der Waals surface area contributed by atoms with E-state index in [1.165, 1.54) is 29.8 Å². The molecule has 1 N–H and O–H groups in total. The highest BCUT2D eigenvalue weighted by Crippen LogP contribution is 2.19. The summed E-state index contributed by atoms with van der Waals surface area (Å²) < 4.78 is 40.5. The van der Waals surface area contributed by atoms with Crippen LogP contribution in [0, 0.1) is 12.7 Å². The van der Waals surface area contributed by atoms with Crippen LogP contribution in [0.2, 0.25) is 5.02 Å². The number of benzene rings is 1. The first-order valence-electron chi connectivity index (χ1n) is 8.45. The fourth-order valence-electron chi connectivity index (χ4n) is 2.41. The Balaban J connectivity index is 1.60. The van der Waals surface area contributed by atoms with Gasteiger partial charge in [0.05, 0.1) is 29.6 Å². The Morgan fingerprint density at radius 3 is 2.66 bits per heavy atom. The highest BCUT2D eigenvalue weighted by atomic mass is 35.5. The van der Waals surface area contributed by atoms with Gasteiger partial charge < -0.3 is 0 Å². The molecule has 0 saturated carbocycles. The summed E-state index contributed by atoms with van der Waals surface area (Å²) in [6, 6.07) is 3.26. The van der Waals surface area contributed by atoms with Crippen molar-refractivity contribution < 1.29 is 17.6 Å². The zero-order valence-corrected chi connectivity index (χ0v) is 17.6. The molecule has 0 aliphatic rings. The first kappa shape index (κ1) is 21.4. The topological polar surface area (TPSA) is 102 Å². The maximum absolute atomic E-state index is 13.8. The summed E-state index contributed by atoms with van der Waals surface area (Å²) in [4.78, 5) is 24.9. The van der Waals surface area contributed by atoms with Gasteiger partial charge in [-0.2, -0.15) is 0 Å². The molecule has 3 aromatic rings. The van der Waals surface area contributed by atoms with E-state index in [1.54, 1.807) is 6.20 Å². The van der Waals surface area contributed by atoms with Crippen molar-refractivity contribution in [3.8, 4) is 0 Å². The molecule has 0 unspecified atom stereocenters. The summed E-state index contributed by atoms with van der Waals surface area (Å²) >= 11 is 7.27. The van der Waals surface area contributed by atoms with E-state index in [4.69, 9.17) is 11.6 Å². The van der Waals surface area contributed by atoms with Crippen LogP contribution in [0.15, 0.2) is 41.7 Å². The summed E-state index contributed by atoms with van der Waals surface area (Å²) in [6.07, 6.45) is 5.19. The van der Waals surface area contributed by atoms with Crippen LogP contribution in [-0.2, 0) is 23.0 Å². The van der Waals surface area contributed by atoms with E-state index in [9.17, 15) is 17.6 Å². The molecule has 0 aliphatic heterocycles. The minimum atomic E-state index is -4.12. The number of halogens is 2. The Labute approximate surface area is 176 Å². The second kappa shape index (κ2) is 9.04. The highest BCUT2D eigenvalue weighted by Gasteiger charge is 2.19. The third kappa shape index (κ3) is 5.63. The van der Waals surface area contributed by atoms with E-state index in [-0.39, 0.29) is 35.2 Å². The van der Waals surface area contributed by atoms with E-state index in [0.29, 0.717) is 6.42 Å². The Kier molecular flexibility index (Phi) is 6.68. The van der Waals surface area contributed by atoms with Crippen LogP contribution in [0.5, 0.6) is 0 Å². The molecule has 0 spiro atoms. The third-order valence-corrected chi connectivity index (χ3v) is 6.51. The Hall–Kier alpha value is -2.27. The average Bonchev–Trinajstić information content (AvgIpc) is 3.12. The van der Waals surface area contributed by atoms with Crippen LogP contribution < -0.4 is 4.72 Å². The van der Waals surface area contributed by atoms with Gasteiger partial charge in [0, 0.05) is 22.5 Å². The molecule has 2 aromatic heterocycles. The lowest BCUT2D eigenvalue weighted by Crippen LogP contribution is -2.25. The fourth-order valence-corrected chi connectivity index (χ4v) is 4.54. The van der Waals surface area contributed by atoms with Gasteiger partial charge in [0.15, 0.2) is 5.78 Å². The molecule has 152 valence electrons. The molecule has 0 fully saturated rings. The summed E-state index contributed by atoms with van der Waals surface area (Å²) in [7, 11) is -4.12. The number of nitrogens with one attached hydrogen (secondary N) is 1. The summed E-state index contributed by atoms with van der Waals surface area (Å²) in [5.41, 5.74) is 0.476. The molecule has 7 nitrogen and oxygen atoms in total. The van der Waals surface area contributed by atoms with Crippen LogP contribution in [0.1, 0.15) is 32.5 Å². The van der Waals surface area contributed by atoms with E-state index in [1.807, 2.05) is 6.92 Å². The standard InChI is InChI=1S/C18H16ClFN4O3S2/c1-11-21-9-14(28-11)3-5-17(25)16-10-22-13(7-23-16)8-24-29(26,27)18-6-12(19)2-4-15(18)20/h2,4,6-7,9-10,24H,3,5,8H2,1H3. The molecule has 0 amide bonds. The monoisotopic (exact) mass is 454 g/mol. The predicted octanol–water partition coefficient (Wildman–Crippen LogP) is 3.33. The molecule has 29 heavy (non-hydrogen) atoms. The van der Waals surface area contributed by atoms with E-state index >= 15 is 0 Å². The number of carbonyl (C=O) groups is 1. The number of sulfonamides is 1. The fraction of sp³-hybridized carbons (Fsp3) is 0.222. The number of rotatable bonds is 8. The minimum Gasteiger partial charge on any atom is -0.292 e. The molecule has 0 atom stereocenters. The lowest BCUT2D eigenvalue weighted by molar-refractivity contribution is 0.0978. The predicted molar refractivity (Wildman–Crippen MR) is 107 cm³/mol. The summed E-state index contributed by atoms with van der Waals surface area (Å²) in [6.45, 7) is 1.69. The number of aromatic nitrogens is 3. The third-order valence-electron chi connectivity index (χ3n) is 3.88. The van der Waals surface area contributed by atoms with Crippen molar-refractivity contribution in [1.29, 1.82) is 0 Å². The quantitative estimate of drug-likeness (QED) is 0.524. The molecule has 0 saturated heterocycles. The van der Waals surface area contributed by atoms with Crippen LogP contribution >= 0.6 is 22.9 Å². The highest BCUT2D eigenvalue weighted by molar-refractivity contribution is 7.89. The number of nitrogens with zero attached hydrogens (tertiary/aromatic N) is 3. The van der Waals surface area contributed by atoms with Gasteiger partial charge in [0.25, 0.3) is 0 Å². The van der Waals surface area contributed by atoms with Crippen molar-refractivity contribution in [2.75, 3.05) is 0 Å². The molecule has 3 rings (SSSR count). The van der Waals surface area contributed by atoms with Gasteiger partial charge in [-0.3, -0.25) is 9.78 Å². The van der Waals surface area contributed by atoms with Crippen LogP contribution in [0.3, 0.4) is 0 Å². The van der Waals surface area contributed by atoms with Crippen molar-refractivity contribution in [3.63, 3.8) is 0 Å². The Bertz CT molecular complexity index is 1130. The molecule has 0 radical (unpaired) electrons. The van der Waals surface area contributed by atoms with E-state index in [2.05, 4.69) is 19.7 Å². The lowest BCUT2D eigenvalue weighted by atomic mass is 10.1. The normalized spacial score (nSPS) is 11.6. The number of hydrogen-bond acceptors (Lipinski definition) is 7. The van der Waals surface area contributed by atoms with Crippen LogP contribution in [0.4, 0.5) is 4.39 Å². The van der Waals surface area contributed by atoms with Gasteiger partial charge in [-0.15, -0.1) is 11.3 Å². The van der Waals surface area contributed by atoms with E-state index in [0.717, 1.165) is 22.0 Å². The van der Waals surface area contributed by atoms with E-state index < -0.39 is 20.7 Å². The average molecular weight is 455 g/mol. The molecular formula is C18H16ClFN4O3S2. The zero-order valence-electron chi connectivity index (χ0n) is 15.2. The number of aryl methyl sites for hydroxylation is 2. The van der Waals surface area contributed by atoms with Gasteiger partial charge in [0.1, 0.15) is 16.4 Å². The molecule has 11 heteroatoms. The van der Waals surface area contributed by atoms with Crippen molar-refractivity contribution in [2.24, 2.45) is 0 Å². The number of hydrogen-bond donors (Lipinski definition) is 1. The lowest BCUT2D eigenvalue weighted by Gasteiger charge is -2.08. The number of Topliss-reactive ketones (excluding diaryl/α,β-unsaturated/α-hetero) is 1. The molecule has 2 heterocycles. The van der Waals surface area contributed by atoms with Gasteiger partial charge in [-0.05, 0) is 31.5 Å². The molecule has 0 aliphatic carbocycles. The number of ketones is 1. The largest absolute Gasteiger partial charge is 0.292 e. The Morgan fingerprint density at radius 1 is 1.21 bits per heavy atom. The summed E-state index contributed by atoms with van der Waals surface area (Å²) in [5, 5.41) is 1.04. The van der Waals surface area contributed by atoms with Gasteiger partial charge in [0.2, 0.25) is 10.0 Å². The van der Waals surface area contributed by atoms with Crippen molar-refractivity contribution in [3.05, 3.63) is 68.9 Å². The number of thiazole rings is 1. The minimum absolute atomic E-state index is 0.0999. The first-order chi connectivity index (χ1) is 13.7. The first-order valence-corrected chi connectivity index (χ1v) is 11.1. The maximum atomic E-state index is 13.8. The van der Waals surface area contributed by atoms with Crippen molar-refractivity contribution in [1.82, 2.24) is 19.7 Å². The zero-order chi connectivity index (χ0) is 21.0. The maximum Gasteiger partial charge on any atom is 0.243 e.